The van der Waals surface area contributed by atoms with Crippen LogP contribution in [0, 0.1) is 5.92 Å². The highest BCUT2D eigenvalue weighted by Crippen LogP contribution is 2.12. The summed E-state index contributed by atoms with van der Waals surface area (Å²) in [7, 11) is 0. The maximum Gasteiger partial charge on any atom is 0.308 e. The lowest BCUT2D eigenvalue weighted by Crippen LogP contribution is -2.59. The second-order valence-electron chi connectivity index (χ2n) is 19.5. The van der Waals surface area contributed by atoms with Crippen molar-refractivity contribution in [2.75, 3.05) is 19.8 Å². The van der Waals surface area contributed by atoms with Crippen LogP contribution < -0.4 is 26.6 Å². The van der Waals surface area contributed by atoms with Crippen molar-refractivity contribution in [3.8, 4) is 0 Å². The van der Waals surface area contributed by atoms with Gasteiger partial charge in [0.25, 0.3) is 0 Å². The lowest BCUT2D eigenvalue weighted by molar-refractivity contribution is -0.149. The number of esters is 2. The lowest BCUT2D eigenvalue weighted by Gasteiger charge is -2.27. The molecule has 2 heterocycles. The second kappa shape index (κ2) is 34.1. The Morgan fingerprint density at radius 3 is 1.55 bits per heavy atom. The first-order valence-corrected chi connectivity index (χ1v) is 27.0. The van der Waals surface area contributed by atoms with Crippen LogP contribution in [0.15, 0.2) is 103 Å². The summed E-state index contributed by atoms with van der Waals surface area (Å²) < 4.78 is 20.2. The molecule has 5 rings (SSSR count). The first-order chi connectivity index (χ1) is 37.8. The van der Waals surface area contributed by atoms with Crippen molar-refractivity contribution in [2.45, 2.75) is 155 Å². The van der Waals surface area contributed by atoms with E-state index in [2.05, 4.69) is 54.1 Å². The molecule has 0 saturated carbocycles. The third kappa shape index (κ3) is 23.2. The number of aryl methyl sites for hydroxylation is 2. The minimum Gasteiger partial charge on any atom is -0.461 e. The molecular formula is C57H77N11O10. The van der Waals surface area contributed by atoms with Crippen molar-refractivity contribution in [1.29, 1.82) is 0 Å². The summed E-state index contributed by atoms with van der Waals surface area (Å²) in [5.41, 5.74) is 3.79. The quantitative estimate of drug-likeness (QED) is 0.0270. The van der Waals surface area contributed by atoms with E-state index in [1.54, 1.807) is 64.1 Å². The number of carbonyl (C=O) groups is 7. The van der Waals surface area contributed by atoms with Gasteiger partial charge in [0.2, 0.25) is 29.5 Å². The molecular weight excluding hydrogens is 999 g/mol. The van der Waals surface area contributed by atoms with Crippen LogP contribution >= 0.6 is 0 Å². The minimum absolute atomic E-state index is 0.0619. The number of hydrogen-bond donors (Lipinski definition) is 5. The molecule has 21 nitrogen and oxygen atoms in total. The van der Waals surface area contributed by atoms with Crippen molar-refractivity contribution in [3.63, 3.8) is 0 Å². The Bertz CT molecular complexity index is 2610. The van der Waals surface area contributed by atoms with Crippen molar-refractivity contribution in [3.05, 3.63) is 131 Å². The van der Waals surface area contributed by atoms with E-state index in [1.165, 1.54) is 0 Å². The number of ether oxygens (including phenoxy) is 3. The molecule has 3 aromatic carbocycles. The molecule has 0 aliphatic rings. The van der Waals surface area contributed by atoms with Crippen LogP contribution in [0.3, 0.4) is 0 Å². The van der Waals surface area contributed by atoms with Crippen LogP contribution in [-0.4, -0.2) is 115 Å². The summed E-state index contributed by atoms with van der Waals surface area (Å²) in [6.07, 6.45) is 7.88. The van der Waals surface area contributed by atoms with Gasteiger partial charge >= 0.3 is 11.9 Å². The topological polar surface area (TPSA) is 269 Å². The molecule has 2 aromatic heterocycles. The molecule has 420 valence electrons. The Morgan fingerprint density at radius 2 is 1.03 bits per heavy atom. The van der Waals surface area contributed by atoms with Gasteiger partial charge in [0, 0.05) is 31.8 Å². The molecule has 0 aliphatic carbocycles. The largest absolute Gasteiger partial charge is 0.461 e. The highest BCUT2D eigenvalue weighted by atomic mass is 16.5. The molecule has 0 spiro atoms. The van der Waals surface area contributed by atoms with Crippen LogP contribution in [0.25, 0.3) is 0 Å². The van der Waals surface area contributed by atoms with E-state index in [4.69, 9.17) is 14.2 Å². The van der Waals surface area contributed by atoms with E-state index in [-0.39, 0.29) is 44.9 Å². The van der Waals surface area contributed by atoms with Gasteiger partial charge in [-0.2, -0.15) is 0 Å². The fourth-order valence-corrected chi connectivity index (χ4v) is 8.13. The minimum atomic E-state index is -1.63. The van der Waals surface area contributed by atoms with Gasteiger partial charge in [0.1, 0.15) is 37.4 Å². The predicted octanol–water partition coefficient (Wildman–Crippen LogP) is 4.66. The number of benzene rings is 3. The van der Waals surface area contributed by atoms with Crippen molar-refractivity contribution < 1.29 is 47.8 Å². The smallest absolute Gasteiger partial charge is 0.308 e. The van der Waals surface area contributed by atoms with Crippen LogP contribution in [0.4, 0.5) is 0 Å². The first-order valence-electron chi connectivity index (χ1n) is 27.0. The Kier molecular flexibility index (Phi) is 26.7. The van der Waals surface area contributed by atoms with E-state index in [0.29, 0.717) is 62.4 Å². The predicted molar refractivity (Wildman–Crippen MR) is 289 cm³/mol. The number of nitrogens with zero attached hydrogens (tertiary/aromatic N) is 6. The summed E-state index contributed by atoms with van der Waals surface area (Å²) in [5.74, 6) is -5.26. The first kappa shape index (κ1) is 61.0. The Labute approximate surface area is 456 Å². The van der Waals surface area contributed by atoms with Gasteiger partial charge in [-0.3, -0.25) is 33.6 Å². The fourth-order valence-electron chi connectivity index (χ4n) is 8.13. The summed E-state index contributed by atoms with van der Waals surface area (Å²) >= 11 is 0. The van der Waals surface area contributed by atoms with Crippen molar-refractivity contribution in [2.24, 2.45) is 5.92 Å². The summed E-state index contributed by atoms with van der Waals surface area (Å²) in [5, 5.41) is 30.4. The zero-order valence-corrected chi connectivity index (χ0v) is 45.4. The molecule has 21 heteroatoms. The van der Waals surface area contributed by atoms with Gasteiger partial charge in [-0.1, -0.05) is 148 Å². The fraction of sp³-hybridized carbons (Fsp3) is 0.491. The highest BCUT2D eigenvalue weighted by molar-refractivity contribution is 5.97. The van der Waals surface area contributed by atoms with E-state index in [1.807, 2.05) is 69.4 Å². The third-order valence-corrected chi connectivity index (χ3v) is 12.3. The molecule has 78 heavy (non-hydrogen) atoms. The molecule has 5 amide bonds. The third-order valence-electron chi connectivity index (χ3n) is 12.3. The van der Waals surface area contributed by atoms with Gasteiger partial charge in [-0.25, -0.2) is 9.36 Å². The molecule has 0 unspecified atom stereocenters. The standard InChI is InChI=1S/C57H77N11O10/c1-5-7-17-28-58-54(72)49(35-52(70)77-39-43-22-13-9-14-23-43)61-57(75)50(36-53(71)78-40-44-24-15-10-16-25-44)62-55(73)47(33-41(3)4)60-56(74)48(34-42-20-11-8-12-21-42)59-51(69)27-18-26-46-38-68(66-64-46)30-32-76-31-29-67-37-45(19-6-2)63-65-67/h8-16,20-25,37-38,41,47-50H,5-7,17-19,26-36,39-40H2,1-4H3,(H,58,72)(H,59,69)(H,60,74)(H,61,75)(H,62,73)/t47-,48+,49-,50+/m0/s1. The molecule has 5 aromatic rings. The second-order valence-corrected chi connectivity index (χ2v) is 19.5. The Morgan fingerprint density at radius 1 is 0.538 bits per heavy atom. The average Bonchev–Trinajstić information content (AvgIpc) is 4.10. The molecule has 5 N–H and O–H groups in total. The van der Waals surface area contributed by atoms with Crippen molar-refractivity contribution >= 4 is 41.5 Å². The van der Waals surface area contributed by atoms with Gasteiger partial charge < -0.3 is 40.8 Å². The molecule has 0 aliphatic heterocycles. The normalized spacial score (nSPS) is 12.6. The zero-order valence-electron chi connectivity index (χ0n) is 45.4. The Hall–Kier alpha value is -7.81. The molecule has 0 bridgehead atoms. The summed E-state index contributed by atoms with van der Waals surface area (Å²) in [6, 6.07) is 21.5. The maximum atomic E-state index is 14.4. The van der Waals surface area contributed by atoms with Gasteiger partial charge in [0.15, 0.2) is 0 Å². The van der Waals surface area contributed by atoms with Gasteiger partial charge in [0.05, 0.1) is 50.5 Å². The maximum absolute atomic E-state index is 14.4. The van der Waals surface area contributed by atoms with Crippen LogP contribution in [0.2, 0.25) is 0 Å². The van der Waals surface area contributed by atoms with E-state index in [9.17, 15) is 33.6 Å². The highest BCUT2D eigenvalue weighted by Gasteiger charge is 2.34. The number of unbranched alkanes of at least 4 members (excludes halogenated alkanes) is 2. The Balaban J connectivity index is 1.24. The molecule has 4 atom stereocenters. The molecule has 0 radical (unpaired) electrons. The average molecular weight is 1080 g/mol. The number of carbonyl (C=O) groups excluding carboxylic acids is 7. The number of nitrogens with one attached hydrogen (secondary N) is 5. The SMILES string of the molecule is CCCCCNC(=O)[C@H](CC(=O)OCc1ccccc1)NC(=O)[C@@H](CC(=O)OCc1ccccc1)NC(=O)[C@H](CC(C)C)NC(=O)[C@@H](Cc1ccccc1)NC(=O)CCCc1cn(CCOCCn2cc(CCC)nn2)nn1. The van der Waals surface area contributed by atoms with Crippen LogP contribution in [0.1, 0.15) is 114 Å². The summed E-state index contributed by atoms with van der Waals surface area (Å²) in [4.78, 5) is 96.9. The number of rotatable bonds is 36. The van der Waals surface area contributed by atoms with E-state index < -0.39 is 78.5 Å². The van der Waals surface area contributed by atoms with Gasteiger partial charge in [-0.05, 0) is 54.7 Å². The monoisotopic (exact) mass is 1080 g/mol. The number of aromatic nitrogens is 6. The lowest BCUT2D eigenvalue weighted by atomic mass is 10.00. The van der Waals surface area contributed by atoms with E-state index in [0.717, 1.165) is 36.9 Å². The molecule has 0 fully saturated rings. The van der Waals surface area contributed by atoms with E-state index >= 15 is 0 Å². The van der Waals surface area contributed by atoms with Crippen molar-refractivity contribution in [1.82, 2.24) is 56.6 Å². The number of hydrogen-bond acceptors (Lipinski definition) is 14. The van der Waals surface area contributed by atoms with Gasteiger partial charge in [-0.15, -0.1) is 10.2 Å². The summed E-state index contributed by atoms with van der Waals surface area (Å²) in [6.45, 7) is 9.84. The van der Waals surface area contributed by atoms with Crippen LogP contribution in [-0.2, 0) is 93.3 Å². The molecule has 0 saturated heterocycles. The number of amides is 5. The van der Waals surface area contributed by atoms with Crippen LogP contribution in [0.5, 0.6) is 0 Å². The zero-order chi connectivity index (χ0) is 55.9.